The van der Waals surface area contributed by atoms with Gasteiger partial charge in [-0.3, -0.25) is 0 Å². The predicted octanol–water partition coefficient (Wildman–Crippen LogP) is 4.80. The minimum absolute atomic E-state index is 0.770. The van der Waals surface area contributed by atoms with Gasteiger partial charge in [-0.15, -0.1) is 0 Å². The standard InChI is InChI=1S/C17H22ClN3/c1-5-9-19-17-12(4)16(20-15(6-2)21-17)13-8-7-11(3)14(18)10-13/h7-8,10H,5-6,9H2,1-4H3,(H,19,20,21). The monoisotopic (exact) mass is 303 g/mol. The molecule has 0 aliphatic heterocycles. The van der Waals surface area contributed by atoms with Crippen LogP contribution in [0.25, 0.3) is 11.3 Å². The third-order valence-corrected chi connectivity index (χ3v) is 3.90. The molecule has 0 radical (unpaired) electrons. The summed E-state index contributed by atoms with van der Waals surface area (Å²) in [6.45, 7) is 9.19. The van der Waals surface area contributed by atoms with Crippen molar-refractivity contribution in [2.24, 2.45) is 0 Å². The van der Waals surface area contributed by atoms with E-state index in [9.17, 15) is 0 Å². The van der Waals surface area contributed by atoms with E-state index in [1.807, 2.05) is 19.1 Å². The van der Waals surface area contributed by atoms with Gasteiger partial charge < -0.3 is 5.32 Å². The molecule has 0 saturated heterocycles. The van der Waals surface area contributed by atoms with Crippen LogP contribution in [0.1, 0.15) is 37.2 Å². The zero-order valence-electron chi connectivity index (χ0n) is 13.1. The number of aryl methyl sites for hydroxylation is 2. The van der Waals surface area contributed by atoms with Crippen LogP contribution in [-0.4, -0.2) is 16.5 Å². The van der Waals surface area contributed by atoms with Gasteiger partial charge in [0.1, 0.15) is 11.6 Å². The van der Waals surface area contributed by atoms with Crippen molar-refractivity contribution in [1.29, 1.82) is 0 Å². The topological polar surface area (TPSA) is 37.8 Å². The summed E-state index contributed by atoms with van der Waals surface area (Å²) in [6.07, 6.45) is 1.88. The summed E-state index contributed by atoms with van der Waals surface area (Å²) < 4.78 is 0. The lowest BCUT2D eigenvalue weighted by Gasteiger charge is -2.14. The molecular weight excluding hydrogens is 282 g/mol. The Morgan fingerprint density at radius 2 is 1.90 bits per heavy atom. The molecule has 0 unspecified atom stereocenters. The van der Waals surface area contributed by atoms with Crippen molar-refractivity contribution < 1.29 is 0 Å². The molecule has 2 aromatic rings. The number of halogens is 1. The normalized spacial score (nSPS) is 10.7. The molecule has 3 nitrogen and oxygen atoms in total. The Balaban J connectivity index is 2.52. The third-order valence-electron chi connectivity index (χ3n) is 3.50. The fourth-order valence-corrected chi connectivity index (χ4v) is 2.34. The molecule has 4 heteroatoms. The Morgan fingerprint density at radius 1 is 1.14 bits per heavy atom. The highest BCUT2D eigenvalue weighted by molar-refractivity contribution is 6.31. The van der Waals surface area contributed by atoms with E-state index < -0.39 is 0 Å². The van der Waals surface area contributed by atoms with Crippen molar-refractivity contribution in [1.82, 2.24) is 9.97 Å². The van der Waals surface area contributed by atoms with Gasteiger partial charge in [-0.25, -0.2) is 9.97 Å². The molecule has 1 N–H and O–H groups in total. The lowest BCUT2D eigenvalue weighted by molar-refractivity contribution is 0.911. The first kappa shape index (κ1) is 15.8. The van der Waals surface area contributed by atoms with Gasteiger partial charge >= 0.3 is 0 Å². The van der Waals surface area contributed by atoms with Crippen molar-refractivity contribution in [2.45, 2.75) is 40.5 Å². The molecule has 2 rings (SSSR count). The maximum absolute atomic E-state index is 6.25. The van der Waals surface area contributed by atoms with Crippen LogP contribution in [0.5, 0.6) is 0 Å². The molecule has 112 valence electrons. The SMILES string of the molecule is CCCNc1nc(CC)nc(-c2ccc(C)c(Cl)c2)c1C. The smallest absolute Gasteiger partial charge is 0.133 e. The number of benzene rings is 1. The zero-order valence-corrected chi connectivity index (χ0v) is 13.9. The van der Waals surface area contributed by atoms with E-state index in [4.69, 9.17) is 16.6 Å². The number of anilines is 1. The molecule has 0 bridgehead atoms. The van der Waals surface area contributed by atoms with Gasteiger partial charge in [-0.1, -0.05) is 37.6 Å². The highest BCUT2D eigenvalue weighted by atomic mass is 35.5. The molecule has 0 spiro atoms. The minimum atomic E-state index is 0.770. The lowest BCUT2D eigenvalue weighted by Crippen LogP contribution is -2.08. The molecule has 1 heterocycles. The molecule has 0 aliphatic rings. The molecule has 21 heavy (non-hydrogen) atoms. The second-order valence-corrected chi connectivity index (χ2v) is 5.61. The summed E-state index contributed by atoms with van der Waals surface area (Å²) in [7, 11) is 0. The third kappa shape index (κ3) is 3.53. The molecule has 0 fully saturated rings. The molecular formula is C17H22ClN3. The van der Waals surface area contributed by atoms with Crippen LogP contribution in [0.15, 0.2) is 18.2 Å². The average molecular weight is 304 g/mol. The summed E-state index contributed by atoms with van der Waals surface area (Å²) in [4.78, 5) is 9.29. The molecule has 1 aromatic heterocycles. The number of nitrogens with one attached hydrogen (secondary N) is 1. The predicted molar refractivity (Wildman–Crippen MR) is 90.1 cm³/mol. The van der Waals surface area contributed by atoms with Crippen LogP contribution in [0, 0.1) is 13.8 Å². The quantitative estimate of drug-likeness (QED) is 0.862. The van der Waals surface area contributed by atoms with Gasteiger partial charge in [0.05, 0.1) is 5.69 Å². The molecule has 0 amide bonds. The van der Waals surface area contributed by atoms with Crippen molar-refractivity contribution in [3.8, 4) is 11.3 Å². The van der Waals surface area contributed by atoms with E-state index in [2.05, 4.69) is 37.1 Å². The largest absolute Gasteiger partial charge is 0.370 e. The summed E-state index contributed by atoms with van der Waals surface area (Å²) in [5.74, 6) is 1.78. The van der Waals surface area contributed by atoms with Crippen LogP contribution in [0.3, 0.4) is 0 Å². The number of nitrogens with zero attached hydrogens (tertiary/aromatic N) is 2. The number of aromatic nitrogens is 2. The van der Waals surface area contributed by atoms with Crippen molar-refractivity contribution >= 4 is 17.4 Å². The highest BCUT2D eigenvalue weighted by Crippen LogP contribution is 2.29. The van der Waals surface area contributed by atoms with Crippen LogP contribution in [-0.2, 0) is 6.42 Å². The minimum Gasteiger partial charge on any atom is -0.370 e. The maximum Gasteiger partial charge on any atom is 0.133 e. The summed E-state index contributed by atoms with van der Waals surface area (Å²) >= 11 is 6.25. The first-order valence-electron chi connectivity index (χ1n) is 7.44. The van der Waals surface area contributed by atoms with E-state index in [1.54, 1.807) is 0 Å². The van der Waals surface area contributed by atoms with Gasteiger partial charge in [-0.2, -0.15) is 0 Å². The second-order valence-electron chi connectivity index (χ2n) is 5.21. The fourth-order valence-electron chi connectivity index (χ4n) is 2.16. The van der Waals surface area contributed by atoms with Gasteiger partial charge in [0.15, 0.2) is 0 Å². The Hall–Kier alpha value is -1.61. The van der Waals surface area contributed by atoms with E-state index in [-0.39, 0.29) is 0 Å². The van der Waals surface area contributed by atoms with Gasteiger partial charge in [0, 0.05) is 29.1 Å². The van der Waals surface area contributed by atoms with Crippen LogP contribution < -0.4 is 5.32 Å². The maximum atomic E-state index is 6.25. The number of hydrogen-bond acceptors (Lipinski definition) is 3. The van der Waals surface area contributed by atoms with Crippen molar-refractivity contribution in [3.05, 3.63) is 40.2 Å². The molecule has 0 saturated carbocycles. The van der Waals surface area contributed by atoms with Gasteiger partial charge in [0.2, 0.25) is 0 Å². The Kier molecular flexibility index (Phi) is 5.18. The average Bonchev–Trinajstić information content (AvgIpc) is 2.49. The van der Waals surface area contributed by atoms with Crippen molar-refractivity contribution in [3.63, 3.8) is 0 Å². The number of rotatable bonds is 5. The van der Waals surface area contributed by atoms with E-state index in [0.29, 0.717) is 0 Å². The second kappa shape index (κ2) is 6.90. The first-order valence-corrected chi connectivity index (χ1v) is 7.82. The molecule has 1 aromatic carbocycles. The van der Waals surface area contributed by atoms with E-state index >= 15 is 0 Å². The van der Waals surface area contributed by atoms with E-state index in [1.165, 1.54) is 0 Å². The van der Waals surface area contributed by atoms with Crippen LogP contribution in [0.4, 0.5) is 5.82 Å². The van der Waals surface area contributed by atoms with Gasteiger partial charge in [0.25, 0.3) is 0 Å². The van der Waals surface area contributed by atoms with Crippen LogP contribution >= 0.6 is 11.6 Å². The summed E-state index contributed by atoms with van der Waals surface area (Å²) in [5, 5.41) is 4.16. The summed E-state index contributed by atoms with van der Waals surface area (Å²) in [6, 6.07) is 6.08. The van der Waals surface area contributed by atoms with Crippen LogP contribution in [0.2, 0.25) is 5.02 Å². The van der Waals surface area contributed by atoms with Gasteiger partial charge in [-0.05, 0) is 31.9 Å². The Labute approximate surface area is 131 Å². The molecule has 0 atom stereocenters. The summed E-state index contributed by atoms with van der Waals surface area (Å²) in [5.41, 5.74) is 4.15. The highest BCUT2D eigenvalue weighted by Gasteiger charge is 2.12. The lowest BCUT2D eigenvalue weighted by atomic mass is 10.1. The van der Waals surface area contributed by atoms with Crippen molar-refractivity contribution in [2.75, 3.05) is 11.9 Å². The first-order chi connectivity index (χ1) is 10.1. The fraction of sp³-hybridized carbons (Fsp3) is 0.412. The van der Waals surface area contributed by atoms with E-state index in [0.717, 1.165) is 58.4 Å². The Bertz CT molecular complexity index is 638. The molecule has 0 aliphatic carbocycles. The zero-order chi connectivity index (χ0) is 15.4. The number of hydrogen-bond donors (Lipinski definition) is 1. The Morgan fingerprint density at radius 3 is 2.52 bits per heavy atom.